The highest BCUT2D eigenvalue weighted by Crippen LogP contribution is 2.30. The van der Waals surface area contributed by atoms with Gasteiger partial charge in [-0.3, -0.25) is 0 Å². The van der Waals surface area contributed by atoms with Crippen molar-refractivity contribution in [3.63, 3.8) is 0 Å². The number of aromatic nitrogens is 7. The van der Waals surface area contributed by atoms with Crippen molar-refractivity contribution in [1.29, 1.82) is 0 Å². The summed E-state index contributed by atoms with van der Waals surface area (Å²) in [6.45, 7) is 0.969. The van der Waals surface area contributed by atoms with Crippen LogP contribution in [-0.4, -0.2) is 41.3 Å². The fraction of sp³-hybridized carbons (Fsp3) is 0.174. The monoisotopic (exact) mass is 443 g/mol. The molecule has 10 heteroatoms. The van der Waals surface area contributed by atoms with E-state index in [0.717, 1.165) is 11.3 Å². The minimum atomic E-state index is -0.400. The number of fused-ring (bicyclic) bond motifs is 5. The van der Waals surface area contributed by atoms with Gasteiger partial charge in [0.15, 0.2) is 11.5 Å². The van der Waals surface area contributed by atoms with Crippen LogP contribution in [0.3, 0.4) is 0 Å². The topological polar surface area (TPSA) is 92.8 Å². The lowest BCUT2D eigenvalue weighted by Gasteiger charge is -2.12. The summed E-state index contributed by atoms with van der Waals surface area (Å²) >= 11 is 0. The van der Waals surface area contributed by atoms with Gasteiger partial charge in [0.05, 0.1) is 18.5 Å². The van der Waals surface area contributed by atoms with Crippen LogP contribution in [0.1, 0.15) is 17.1 Å². The Kier molecular flexibility index (Phi) is 4.68. The van der Waals surface area contributed by atoms with Gasteiger partial charge in [0, 0.05) is 18.7 Å². The Labute approximate surface area is 187 Å². The van der Waals surface area contributed by atoms with E-state index < -0.39 is 5.82 Å². The molecule has 4 heterocycles. The Bertz CT molecular complexity index is 1450. The Morgan fingerprint density at radius 3 is 2.91 bits per heavy atom. The molecule has 0 fully saturated rings. The van der Waals surface area contributed by atoms with Crippen LogP contribution in [0.25, 0.3) is 16.7 Å². The molecule has 4 bridgehead atoms. The molecule has 9 nitrogen and oxygen atoms in total. The van der Waals surface area contributed by atoms with E-state index in [1.54, 1.807) is 21.6 Å². The van der Waals surface area contributed by atoms with Crippen LogP contribution in [0.2, 0.25) is 0 Å². The lowest BCUT2D eigenvalue weighted by Crippen LogP contribution is -2.09. The minimum absolute atomic E-state index is 0.312. The standard InChI is InChI=1S/C23H18FN7O2/c24-16-6-7-19-20(10-16)32-9-8-17-12-30(29-28-17)13-21-26-22-18(11-25-31(19)22)23(27-21)33-14-15-4-2-1-3-5-15/h1-7,10-12H,8-9,13-14H2. The van der Waals surface area contributed by atoms with E-state index >= 15 is 0 Å². The molecule has 3 aromatic heterocycles. The number of halogens is 1. The smallest absolute Gasteiger partial charge is 0.228 e. The van der Waals surface area contributed by atoms with Crippen molar-refractivity contribution in [1.82, 2.24) is 34.7 Å². The molecule has 0 saturated heterocycles. The number of nitrogens with zero attached hydrogens (tertiary/aromatic N) is 7. The Hall–Kier alpha value is -4.34. The third kappa shape index (κ3) is 3.75. The second-order valence-electron chi connectivity index (χ2n) is 7.63. The first-order valence-corrected chi connectivity index (χ1v) is 10.5. The summed E-state index contributed by atoms with van der Waals surface area (Å²) < 4.78 is 29.3. The maximum Gasteiger partial charge on any atom is 0.228 e. The summed E-state index contributed by atoms with van der Waals surface area (Å²) in [6, 6.07) is 14.2. The third-order valence-electron chi connectivity index (χ3n) is 5.31. The molecule has 0 radical (unpaired) electrons. The van der Waals surface area contributed by atoms with E-state index in [4.69, 9.17) is 14.5 Å². The molecule has 0 N–H and O–H groups in total. The van der Waals surface area contributed by atoms with Crippen molar-refractivity contribution < 1.29 is 13.9 Å². The average Bonchev–Trinajstić information content (AvgIpc) is 3.45. The van der Waals surface area contributed by atoms with Crippen molar-refractivity contribution in [3.05, 3.63) is 83.8 Å². The van der Waals surface area contributed by atoms with Gasteiger partial charge in [0.1, 0.15) is 35.8 Å². The molecule has 0 unspecified atom stereocenters. The highest BCUT2D eigenvalue weighted by atomic mass is 19.1. The van der Waals surface area contributed by atoms with Gasteiger partial charge in [-0.2, -0.15) is 10.1 Å². The summed E-state index contributed by atoms with van der Waals surface area (Å²) in [7, 11) is 0. The number of ether oxygens (including phenoxy) is 2. The van der Waals surface area contributed by atoms with Gasteiger partial charge in [-0.15, -0.1) is 5.10 Å². The summed E-state index contributed by atoms with van der Waals surface area (Å²) in [5, 5.41) is 13.5. The molecular weight excluding hydrogens is 425 g/mol. The normalized spacial score (nSPS) is 13.0. The fourth-order valence-corrected chi connectivity index (χ4v) is 3.73. The highest BCUT2D eigenvalue weighted by molar-refractivity contribution is 5.82. The summed E-state index contributed by atoms with van der Waals surface area (Å²) in [5.41, 5.74) is 2.87. The van der Waals surface area contributed by atoms with Crippen LogP contribution in [0.4, 0.5) is 4.39 Å². The molecule has 0 atom stereocenters. The van der Waals surface area contributed by atoms with Crippen LogP contribution in [0.15, 0.2) is 60.9 Å². The summed E-state index contributed by atoms with van der Waals surface area (Å²) in [4.78, 5) is 9.36. The van der Waals surface area contributed by atoms with Gasteiger partial charge < -0.3 is 9.47 Å². The predicted octanol–water partition coefficient (Wildman–Crippen LogP) is 3.11. The fourth-order valence-electron chi connectivity index (χ4n) is 3.73. The zero-order valence-corrected chi connectivity index (χ0v) is 17.4. The highest BCUT2D eigenvalue weighted by Gasteiger charge is 2.19. The average molecular weight is 443 g/mol. The molecule has 1 aliphatic rings. The quantitative estimate of drug-likeness (QED) is 0.423. The molecule has 0 aliphatic carbocycles. The Morgan fingerprint density at radius 1 is 1.09 bits per heavy atom. The second-order valence-corrected chi connectivity index (χ2v) is 7.63. The molecular formula is C23H18FN7O2. The van der Waals surface area contributed by atoms with Crippen LogP contribution in [-0.2, 0) is 19.6 Å². The lowest BCUT2D eigenvalue weighted by atomic mass is 10.2. The zero-order chi connectivity index (χ0) is 22.2. The lowest BCUT2D eigenvalue weighted by molar-refractivity contribution is 0.296. The molecule has 6 rings (SSSR count). The van der Waals surface area contributed by atoms with Gasteiger partial charge >= 0.3 is 0 Å². The van der Waals surface area contributed by atoms with Crippen LogP contribution in [0.5, 0.6) is 11.6 Å². The molecule has 5 aromatic rings. The molecule has 0 amide bonds. The van der Waals surface area contributed by atoms with Crippen molar-refractivity contribution in [3.8, 4) is 17.3 Å². The maximum absolute atomic E-state index is 14.0. The van der Waals surface area contributed by atoms with Crippen molar-refractivity contribution in [2.45, 2.75) is 19.6 Å². The van der Waals surface area contributed by atoms with Gasteiger partial charge in [0.2, 0.25) is 5.88 Å². The molecule has 0 saturated carbocycles. The number of rotatable bonds is 3. The largest absolute Gasteiger partial charge is 0.491 e. The Balaban J connectivity index is 1.50. The summed E-state index contributed by atoms with van der Waals surface area (Å²) in [6.07, 6.45) is 3.99. The van der Waals surface area contributed by atoms with Crippen molar-refractivity contribution in [2.24, 2.45) is 0 Å². The SMILES string of the molecule is Fc1ccc2c(c1)OCCc1cn(nn1)Cc1nc(OCc3ccccc3)c3cnn-2c3n1. The van der Waals surface area contributed by atoms with Crippen molar-refractivity contribution in [2.75, 3.05) is 6.61 Å². The van der Waals surface area contributed by atoms with Gasteiger partial charge in [0.25, 0.3) is 0 Å². The number of hydrogen-bond acceptors (Lipinski definition) is 7. The Morgan fingerprint density at radius 2 is 2.00 bits per heavy atom. The van der Waals surface area contributed by atoms with E-state index in [-0.39, 0.29) is 0 Å². The number of hydrogen-bond donors (Lipinski definition) is 0. The molecule has 2 aromatic carbocycles. The first kappa shape index (κ1) is 19.4. The van der Waals surface area contributed by atoms with Crippen LogP contribution >= 0.6 is 0 Å². The molecule has 0 spiro atoms. The number of benzene rings is 2. The van der Waals surface area contributed by atoms with E-state index in [2.05, 4.69) is 20.4 Å². The van der Waals surface area contributed by atoms with E-state index in [1.165, 1.54) is 12.1 Å². The first-order chi connectivity index (χ1) is 16.2. The zero-order valence-electron chi connectivity index (χ0n) is 17.4. The molecule has 33 heavy (non-hydrogen) atoms. The van der Waals surface area contributed by atoms with E-state index in [9.17, 15) is 4.39 Å². The van der Waals surface area contributed by atoms with E-state index in [1.807, 2.05) is 36.5 Å². The van der Waals surface area contributed by atoms with E-state index in [0.29, 0.717) is 60.4 Å². The first-order valence-electron chi connectivity index (χ1n) is 10.5. The minimum Gasteiger partial charge on any atom is -0.491 e. The van der Waals surface area contributed by atoms with Gasteiger partial charge in [-0.1, -0.05) is 35.5 Å². The van der Waals surface area contributed by atoms with Crippen LogP contribution in [0, 0.1) is 5.82 Å². The molecule has 1 aliphatic heterocycles. The maximum atomic E-state index is 14.0. The van der Waals surface area contributed by atoms with Crippen molar-refractivity contribution >= 4 is 11.0 Å². The molecule has 164 valence electrons. The second kappa shape index (κ2) is 7.97. The van der Waals surface area contributed by atoms with Gasteiger partial charge in [-0.05, 0) is 17.7 Å². The predicted molar refractivity (Wildman–Crippen MR) is 116 cm³/mol. The van der Waals surface area contributed by atoms with Gasteiger partial charge in [-0.25, -0.2) is 18.7 Å². The summed E-state index contributed by atoms with van der Waals surface area (Å²) in [5.74, 6) is 0.860. The van der Waals surface area contributed by atoms with Crippen LogP contribution < -0.4 is 9.47 Å². The third-order valence-corrected chi connectivity index (χ3v) is 5.31.